The van der Waals surface area contributed by atoms with E-state index < -0.39 is 18.1 Å². The number of halogens is 2. The highest BCUT2D eigenvalue weighted by atomic mass is 19.1. The highest BCUT2D eigenvalue weighted by Crippen LogP contribution is 2.23. The van der Waals surface area contributed by atoms with Crippen LogP contribution in [0.1, 0.15) is 12.8 Å². The Hall–Kier alpha value is -2.70. The lowest BCUT2D eigenvalue weighted by Crippen LogP contribution is -2.21. The van der Waals surface area contributed by atoms with E-state index in [4.69, 9.17) is 10.5 Å². The number of allylic oxidation sites excluding steroid dienone is 4. The molecule has 7 heteroatoms. The maximum Gasteiger partial charge on any atom is 0.230 e. The van der Waals surface area contributed by atoms with Crippen molar-refractivity contribution in [1.82, 2.24) is 9.97 Å². The maximum atomic E-state index is 13.8. The van der Waals surface area contributed by atoms with Crippen molar-refractivity contribution in [3.05, 3.63) is 59.9 Å². The molecule has 2 aliphatic rings. The Kier molecular flexibility index (Phi) is 4.36. The molecule has 1 heterocycles. The minimum absolute atomic E-state index is 0.244. The average molecular weight is 318 g/mol. The second-order valence-corrected chi connectivity index (χ2v) is 5.19. The fourth-order valence-electron chi connectivity index (χ4n) is 2.20. The normalized spacial score (nSPS) is 23.7. The van der Waals surface area contributed by atoms with Crippen LogP contribution in [0, 0.1) is 0 Å². The van der Waals surface area contributed by atoms with Crippen LogP contribution < -0.4 is 15.8 Å². The molecule has 2 aliphatic carbocycles. The largest absolute Gasteiger partial charge is 0.467 e. The fourth-order valence-corrected chi connectivity index (χ4v) is 2.20. The van der Waals surface area contributed by atoms with Crippen LogP contribution in [0.3, 0.4) is 0 Å². The molecule has 120 valence electrons. The van der Waals surface area contributed by atoms with Crippen LogP contribution >= 0.6 is 0 Å². The van der Waals surface area contributed by atoms with Gasteiger partial charge in [-0.2, -0.15) is 4.98 Å². The van der Waals surface area contributed by atoms with Crippen molar-refractivity contribution in [1.29, 1.82) is 0 Å². The molecule has 0 spiro atoms. The van der Waals surface area contributed by atoms with Gasteiger partial charge in [0.15, 0.2) is 6.10 Å². The topological polar surface area (TPSA) is 73.1 Å². The van der Waals surface area contributed by atoms with Gasteiger partial charge in [0, 0.05) is 36.5 Å². The van der Waals surface area contributed by atoms with E-state index in [1.807, 2.05) is 0 Å². The molecule has 0 amide bonds. The summed E-state index contributed by atoms with van der Waals surface area (Å²) in [6.07, 6.45) is 8.18. The Labute approximate surface area is 132 Å². The Morgan fingerprint density at radius 1 is 1.30 bits per heavy atom. The zero-order valence-electron chi connectivity index (χ0n) is 12.2. The minimum atomic E-state index is -0.960. The Bertz CT molecular complexity index is 712. The van der Waals surface area contributed by atoms with Crippen molar-refractivity contribution >= 4 is 5.95 Å². The number of hydrogen-bond donors (Lipinski definition) is 2. The Morgan fingerprint density at radius 2 is 2.17 bits per heavy atom. The number of hydrogen-bond acceptors (Lipinski definition) is 5. The zero-order chi connectivity index (χ0) is 16.2. The molecule has 0 saturated carbocycles. The lowest BCUT2D eigenvalue weighted by atomic mass is 10.1. The van der Waals surface area contributed by atoms with Gasteiger partial charge in [0.25, 0.3) is 0 Å². The summed E-state index contributed by atoms with van der Waals surface area (Å²) in [5.74, 6) is 0.102. The number of nitrogens with zero attached hydrogens (tertiary/aromatic N) is 2. The predicted molar refractivity (Wildman–Crippen MR) is 82.9 cm³/mol. The van der Waals surface area contributed by atoms with E-state index in [0.717, 1.165) is 0 Å². The van der Waals surface area contributed by atoms with Crippen molar-refractivity contribution in [3.63, 3.8) is 0 Å². The summed E-state index contributed by atoms with van der Waals surface area (Å²) in [6, 6.07) is 1.54. The maximum absolute atomic E-state index is 13.8. The quantitative estimate of drug-likeness (QED) is 0.893. The van der Waals surface area contributed by atoms with E-state index in [1.165, 1.54) is 18.3 Å². The molecule has 5 nitrogen and oxygen atoms in total. The highest BCUT2D eigenvalue weighted by molar-refractivity contribution is 5.42. The summed E-state index contributed by atoms with van der Waals surface area (Å²) in [5.41, 5.74) is 6.62. The summed E-state index contributed by atoms with van der Waals surface area (Å²) in [7, 11) is 0. The lowest BCUT2D eigenvalue weighted by Gasteiger charge is -2.19. The van der Waals surface area contributed by atoms with Crippen LogP contribution in [0.25, 0.3) is 0 Å². The molecule has 3 rings (SSSR count). The van der Waals surface area contributed by atoms with Crippen molar-refractivity contribution in [2.75, 3.05) is 5.32 Å². The van der Waals surface area contributed by atoms with E-state index >= 15 is 0 Å². The minimum Gasteiger partial charge on any atom is -0.467 e. The van der Waals surface area contributed by atoms with E-state index in [9.17, 15) is 8.78 Å². The molecule has 23 heavy (non-hydrogen) atoms. The number of ether oxygens (including phenoxy) is 1. The predicted octanol–water partition coefficient (Wildman–Crippen LogP) is 2.92. The number of nitrogens with two attached hydrogens (primary N) is 1. The number of aromatic nitrogens is 2. The molecule has 0 bridgehead atoms. The van der Waals surface area contributed by atoms with Crippen LogP contribution in [0.2, 0.25) is 0 Å². The summed E-state index contributed by atoms with van der Waals surface area (Å²) < 4.78 is 32.3. The van der Waals surface area contributed by atoms with Crippen LogP contribution in [0.5, 0.6) is 5.88 Å². The molecule has 0 saturated heterocycles. The third-order valence-corrected chi connectivity index (χ3v) is 3.38. The van der Waals surface area contributed by atoms with Crippen LogP contribution in [-0.2, 0) is 0 Å². The van der Waals surface area contributed by atoms with Gasteiger partial charge in [-0.25, -0.2) is 13.8 Å². The van der Waals surface area contributed by atoms with E-state index in [-0.39, 0.29) is 5.88 Å². The second kappa shape index (κ2) is 6.60. The van der Waals surface area contributed by atoms with Crippen LogP contribution in [0.4, 0.5) is 14.7 Å². The molecular weight excluding hydrogens is 302 g/mol. The Balaban J connectivity index is 1.66. The van der Waals surface area contributed by atoms with Crippen molar-refractivity contribution in [2.24, 2.45) is 5.73 Å². The van der Waals surface area contributed by atoms with Crippen molar-refractivity contribution in [3.8, 4) is 5.88 Å². The molecule has 0 radical (unpaired) electrons. The molecular formula is C16H16F2N4O. The molecule has 3 N–H and O–H groups in total. The molecule has 0 aliphatic heterocycles. The van der Waals surface area contributed by atoms with Crippen molar-refractivity contribution in [2.45, 2.75) is 25.1 Å². The third kappa shape index (κ3) is 3.94. The third-order valence-electron chi connectivity index (χ3n) is 3.38. The average Bonchev–Trinajstić information content (AvgIpc) is 2.53. The van der Waals surface area contributed by atoms with Gasteiger partial charge in [0.2, 0.25) is 11.8 Å². The number of rotatable bonds is 4. The molecule has 2 unspecified atom stereocenters. The summed E-state index contributed by atoms with van der Waals surface area (Å²) in [5, 5.41) is 2.96. The van der Waals surface area contributed by atoms with E-state index in [1.54, 1.807) is 24.3 Å². The van der Waals surface area contributed by atoms with Gasteiger partial charge in [0.05, 0.1) is 0 Å². The van der Waals surface area contributed by atoms with E-state index in [2.05, 4.69) is 15.3 Å². The molecule has 2 atom stereocenters. The van der Waals surface area contributed by atoms with Gasteiger partial charge in [-0.3, -0.25) is 0 Å². The number of nitrogens with one attached hydrogen (secondary N) is 1. The molecule has 0 fully saturated rings. The van der Waals surface area contributed by atoms with Gasteiger partial charge in [0.1, 0.15) is 12.0 Å². The SMILES string of the molecule is NC1=CCC(Oc2ccnc(NC3=CCC(F)C=C3)n2)C(F)=C1. The summed E-state index contributed by atoms with van der Waals surface area (Å²) in [4.78, 5) is 8.24. The van der Waals surface area contributed by atoms with Crippen LogP contribution in [-0.4, -0.2) is 22.2 Å². The first kappa shape index (κ1) is 15.2. The fraction of sp³-hybridized carbons (Fsp3) is 0.250. The van der Waals surface area contributed by atoms with Gasteiger partial charge in [-0.1, -0.05) is 12.2 Å². The first-order valence-corrected chi connectivity index (χ1v) is 7.22. The number of anilines is 1. The van der Waals surface area contributed by atoms with Gasteiger partial charge < -0.3 is 15.8 Å². The molecule has 1 aromatic rings. The lowest BCUT2D eigenvalue weighted by molar-refractivity contribution is 0.200. The first-order chi connectivity index (χ1) is 11.1. The smallest absolute Gasteiger partial charge is 0.230 e. The highest BCUT2D eigenvalue weighted by Gasteiger charge is 2.20. The first-order valence-electron chi connectivity index (χ1n) is 7.22. The summed E-state index contributed by atoms with van der Waals surface area (Å²) >= 11 is 0. The van der Waals surface area contributed by atoms with Gasteiger partial charge in [-0.15, -0.1) is 0 Å². The second-order valence-electron chi connectivity index (χ2n) is 5.19. The number of alkyl halides is 1. The zero-order valence-corrected chi connectivity index (χ0v) is 12.2. The van der Waals surface area contributed by atoms with Crippen molar-refractivity contribution < 1.29 is 13.5 Å². The van der Waals surface area contributed by atoms with Crippen LogP contribution in [0.15, 0.2) is 59.9 Å². The monoisotopic (exact) mass is 318 g/mol. The molecule has 1 aromatic heterocycles. The van der Waals surface area contributed by atoms with Gasteiger partial charge in [-0.05, 0) is 18.2 Å². The molecule has 0 aromatic carbocycles. The summed E-state index contributed by atoms with van der Waals surface area (Å²) in [6.45, 7) is 0. The van der Waals surface area contributed by atoms with Gasteiger partial charge >= 0.3 is 0 Å². The standard InChI is InChI=1S/C16H16F2N4O/c17-10-1-4-12(5-2-10)21-16-20-8-7-15(22-16)23-14-6-3-11(19)9-13(14)18/h1,3-5,7-10,14H,2,6,19H2,(H,20,21,22). The van der Waals surface area contributed by atoms with E-state index in [0.29, 0.717) is 30.2 Å². The Morgan fingerprint density at radius 3 is 2.91 bits per heavy atom.